The third kappa shape index (κ3) is 2.58. The van der Waals surface area contributed by atoms with Gasteiger partial charge in [-0.15, -0.1) is 0 Å². The Morgan fingerprint density at radius 1 is 1.29 bits per heavy atom. The van der Waals surface area contributed by atoms with Gasteiger partial charge in [-0.3, -0.25) is 0 Å². The van der Waals surface area contributed by atoms with Gasteiger partial charge in [0.25, 0.3) is 0 Å². The van der Waals surface area contributed by atoms with Crippen molar-refractivity contribution < 1.29 is 0 Å². The summed E-state index contributed by atoms with van der Waals surface area (Å²) >= 11 is 0. The van der Waals surface area contributed by atoms with Crippen molar-refractivity contribution in [3.8, 4) is 0 Å². The van der Waals surface area contributed by atoms with Crippen molar-refractivity contribution in [2.75, 3.05) is 13.6 Å². The molecule has 1 fully saturated rings. The van der Waals surface area contributed by atoms with Gasteiger partial charge >= 0.3 is 0 Å². The van der Waals surface area contributed by atoms with Crippen molar-refractivity contribution in [2.24, 2.45) is 5.92 Å². The van der Waals surface area contributed by atoms with E-state index in [0.29, 0.717) is 0 Å². The van der Waals surface area contributed by atoms with Crippen LogP contribution in [0.5, 0.6) is 0 Å². The Morgan fingerprint density at radius 2 is 2.00 bits per heavy atom. The standard InChI is InChI=1S/C13H19N/c1-11-5-3-4-6-13(11)10-14(2)9-12-7-8-12/h3-6,12H,7-10H2,1-2H3. The Labute approximate surface area is 86.7 Å². The summed E-state index contributed by atoms with van der Waals surface area (Å²) < 4.78 is 0. The third-order valence-electron chi connectivity index (χ3n) is 2.97. The van der Waals surface area contributed by atoms with Crippen molar-refractivity contribution in [1.29, 1.82) is 0 Å². The molecule has 0 unspecified atom stereocenters. The summed E-state index contributed by atoms with van der Waals surface area (Å²) in [5.74, 6) is 0.990. The molecule has 1 aromatic rings. The minimum atomic E-state index is 0.990. The first kappa shape index (κ1) is 9.72. The van der Waals surface area contributed by atoms with Crippen molar-refractivity contribution in [2.45, 2.75) is 26.3 Å². The van der Waals surface area contributed by atoms with Crippen molar-refractivity contribution >= 4 is 0 Å². The lowest BCUT2D eigenvalue weighted by Gasteiger charge is -2.17. The molecule has 0 N–H and O–H groups in total. The molecule has 0 spiro atoms. The normalized spacial score (nSPS) is 16.2. The van der Waals surface area contributed by atoms with E-state index in [2.05, 4.69) is 43.1 Å². The van der Waals surface area contributed by atoms with Crippen molar-refractivity contribution in [3.63, 3.8) is 0 Å². The largest absolute Gasteiger partial charge is 0.302 e. The second-order valence-corrected chi connectivity index (χ2v) is 4.57. The number of rotatable bonds is 4. The zero-order valence-electron chi connectivity index (χ0n) is 9.16. The Balaban J connectivity index is 1.91. The van der Waals surface area contributed by atoms with Crippen molar-refractivity contribution in [3.05, 3.63) is 35.4 Å². The lowest BCUT2D eigenvalue weighted by Crippen LogP contribution is -2.20. The highest BCUT2D eigenvalue weighted by Crippen LogP contribution is 2.29. The smallest absolute Gasteiger partial charge is 0.0233 e. The molecule has 0 saturated heterocycles. The van der Waals surface area contributed by atoms with Gasteiger partial charge in [0.2, 0.25) is 0 Å². The molecule has 0 bridgehead atoms. The minimum Gasteiger partial charge on any atom is -0.302 e. The van der Waals surface area contributed by atoms with Crippen LogP contribution in [0.4, 0.5) is 0 Å². The Kier molecular flexibility index (Phi) is 2.87. The van der Waals surface area contributed by atoms with E-state index in [0.717, 1.165) is 12.5 Å². The van der Waals surface area contributed by atoms with E-state index in [4.69, 9.17) is 0 Å². The predicted molar refractivity (Wildman–Crippen MR) is 60.2 cm³/mol. The first-order chi connectivity index (χ1) is 6.75. The first-order valence-corrected chi connectivity index (χ1v) is 5.49. The Hall–Kier alpha value is -0.820. The molecule has 0 atom stereocenters. The van der Waals surface area contributed by atoms with E-state index in [1.54, 1.807) is 0 Å². The van der Waals surface area contributed by atoms with Gasteiger partial charge in [0.15, 0.2) is 0 Å². The number of aryl methyl sites for hydroxylation is 1. The van der Waals surface area contributed by atoms with Gasteiger partial charge in [0.1, 0.15) is 0 Å². The second kappa shape index (κ2) is 4.14. The molecule has 0 aliphatic heterocycles. The fraction of sp³-hybridized carbons (Fsp3) is 0.538. The molecule has 1 aliphatic carbocycles. The van der Waals surface area contributed by atoms with Gasteiger partial charge < -0.3 is 4.90 Å². The number of hydrogen-bond acceptors (Lipinski definition) is 1. The van der Waals surface area contributed by atoms with Crippen LogP contribution >= 0.6 is 0 Å². The molecule has 1 saturated carbocycles. The molecule has 1 heteroatoms. The van der Waals surface area contributed by atoms with E-state index in [-0.39, 0.29) is 0 Å². The lowest BCUT2D eigenvalue weighted by atomic mass is 10.1. The van der Waals surface area contributed by atoms with Crippen molar-refractivity contribution in [1.82, 2.24) is 4.90 Å². The van der Waals surface area contributed by atoms with Gasteiger partial charge in [0.05, 0.1) is 0 Å². The van der Waals surface area contributed by atoms with Crippen LogP contribution in [-0.2, 0) is 6.54 Å². The lowest BCUT2D eigenvalue weighted by molar-refractivity contribution is 0.312. The van der Waals surface area contributed by atoms with Gasteiger partial charge in [-0.1, -0.05) is 24.3 Å². The molecule has 76 valence electrons. The second-order valence-electron chi connectivity index (χ2n) is 4.57. The van der Waals surface area contributed by atoms with Crippen LogP contribution in [0.15, 0.2) is 24.3 Å². The van der Waals surface area contributed by atoms with Crippen LogP contribution in [0.25, 0.3) is 0 Å². The maximum atomic E-state index is 2.44. The average Bonchev–Trinajstić information content (AvgIpc) is 2.93. The van der Waals surface area contributed by atoms with E-state index >= 15 is 0 Å². The summed E-state index contributed by atoms with van der Waals surface area (Å²) in [6, 6.07) is 8.67. The molecule has 0 radical (unpaired) electrons. The number of nitrogens with zero attached hydrogens (tertiary/aromatic N) is 1. The molecule has 0 aromatic heterocycles. The van der Waals surface area contributed by atoms with Gasteiger partial charge in [0, 0.05) is 13.1 Å². The van der Waals surface area contributed by atoms with Gasteiger partial charge in [-0.2, -0.15) is 0 Å². The summed E-state index contributed by atoms with van der Waals surface area (Å²) in [7, 11) is 2.23. The first-order valence-electron chi connectivity index (χ1n) is 5.49. The van der Waals surface area contributed by atoms with Crippen LogP contribution in [0.1, 0.15) is 24.0 Å². The van der Waals surface area contributed by atoms with Crippen LogP contribution < -0.4 is 0 Å². The quantitative estimate of drug-likeness (QED) is 0.704. The fourth-order valence-corrected chi connectivity index (χ4v) is 1.88. The van der Waals surface area contributed by atoms with Crippen LogP contribution in [0, 0.1) is 12.8 Å². The molecule has 1 aromatic carbocycles. The van der Waals surface area contributed by atoms with E-state index in [9.17, 15) is 0 Å². The summed E-state index contributed by atoms with van der Waals surface area (Å²) in [5, 5.41) is 0. The maximum Gasteiger partial charge on any atom is 0.0233 e. The van der Waals surface area contributed by atoms with Crippen LogP contribution in [-0.4, -0.2) is 18.5 Å². The molecule has 0 heterocycles. The average molecular weight is 189 g/mol. The van der Waals surface area contributed by atoms with Gasteiger partial charge in [-0.25, -0.2) is 0 Å². The third-order valence-corrected chi connectivity index (χ3v) is 2.97. The number of benzene rings is 1. The van der Waals surface area contributed by atoms with E-state index in [1.165, 1.54) is 30.5 Å². The minimum absolute atomic E-state index is 0.990. The molecular formula is C13H19N. The zero-order valence-corrected chi connectivity index (χ0v) is 9.16. The summed E-state index contributed by atoms with van der Waals surface area (Å²) in [5.41, 5.74) is 2.88. The van der Waals surface area contributed by atoms with Crippen LogP contribution in [0.3, 0.4) is 0 Å². The fourth-order valence-electron chi connectivity index (χ4n) is 1.88. The molecule has 0 amide bonds. The SMILES string of the molecule is Cc1ccccc1CN(C)CC1CC1. The molecular weight excluding hydrogens is 170 g/mol. The summed E-state index contributed by atoms with van der Waals surface area (Å²) in [6.07, 6.45) is 2.89. The molecule has 1 aliphatic rings. The predicted octanol–water partition coefficient (Wildman–Crippen LogP) is 2.84. The highest BCUT2D eigenvalue weighted by molar-refractivity contribution is 5.25. The highest BCUT2D eigenvalue weighted by atomic mass is 15.1. The molecule has 14 heavy (non-hydrogen) atoms. The van der Waals surface area contributed by atoms with Gasteiger partial charge in [-0.05, 0) is 43.9 Å². The van der Waals surface area contributed by atoms with E-state index < -0.39 is 0 Å². The molecule has 2 rings (SSSR count). The summed E-state index contributed by atoms with van der Waals surface area (Å²) in [4.78, 5) is 2.44. The molecule has 1 nitrogen and oxygen atoms in total. The van der Waals surface area contributed by atoms with Crippen LogP contribution in [0.2, 0.25) is 0 Å². The Morgan fingerprint density at radius 3 is 2.64 bits per heavy atom. The van der Waals surface area contributed by atoms with E-state index in [1.807, 2.05) is 0 Å². The summed E-state index contributed by atoms with van der Waals surface area (Å²) in [6.45, 7) is 4.57. The maximum absolute atomic E-state index is 2.44. The highest BCUT2D eigenvalue weighted by Gasteiger charge is 2.22. The monoisotopic (exact) mass is 189 g/mol. The topological polar surface area (TPSA) is 3.24 Å². The Bertz CT molecular complexity index is 302. The zero-order chi connectivity index (χ0) is 9.97. The number of hydrogen-bond donors (Lipinski definition) is 0.